The number of hydrogen-bond donors (Lipinski definition) is 2. The molecule has 1 aliphatic heterocycles. The third-order valence-corrected chi connectivity index (χ3v) is 8.90. The Bertz CT molecular complexity index is 1000. The van der Waals surface area contributed by atoms with Crippen molar-refractivity contribution in [2.75, 3.05) is 13.1 Å². The molecule has 1 amide bonds. The number of rotatable bonds is 7. The second-order valence-corrected chi connectivity index (χ2v) is 11.5. The quantitative estimate of drug-likeness (QED) is 0.570. The highest BCUT2D eigenvalue weighted by Gasteiger charge is 2.60. The molecule has 7 nitrogen and oxygen atoms in total. The molecule has 0 spiro atoms. The normalized spacial score (nSPS) is 38.0. The van der Waals surface area contributed by atoms with Crippen LogP contribution in [0.2, 0.25) is 0 Å². The second kappa shape index (κ2) is 8.94. The van der Waals surface area contributed by atoms with Gasteiger partial charge in [-0.3, -0.25) is 9.00 Å². The summed E-state index contributed by atoms with van der Waals surface area (Å²) in [4.78, 5) is 14.2. The van der Waals surface area contributed by atoms with Crippen LogP contribution in [0.15, 0.2) is 24.3 Å². The first-order chi connectivity index (χ1) is 16.2. The molecule has 4 aliphatic carbocycles. The Kier molecular flexibility index (Phi) is 6.25. The van der Waals surface area contributed by atoms with Crippen molar-refractivity contribution in [3.63, 3.8) is 0 Å². The molecule has 1 aromatic rings. The van der Waals surface area contributed by atoms with E-state index in [9.17, 15) is 27.6 Å². The van der Waals surface area contributed by atoms with Gasteiger partial charge in [0, 0.05) is 29.3 Å². The summed E-state index contributed by atoms with van der Waals surface area (Å²) in [6.07, 6.45) is 4.22. The number of amides is 1. The van der Waals surface area contributed by atoms with Crippen LogP contribution in [0.3, 0.4) is 0 Å². The Labute approximate surface area is 200 Å². The predicted octanol–water partition coefficient (Wildman–Crippen LogP) is 2.64. The summed E-state index contributed by atoms with van der Waals surface area (Å²) in [6, 6.07) is 6.80. The maximum Gasteiger partial charge on any atom is 0.237 e. The fourth-order valence-corrected chi connectivity index (χ4v) is 8.30. The average Bonchev–Trinajstić information content (AvgIpc) is 3.16. The lowest BCUT2D eigenvalue weighted by Gasteiger charge is -2.64. The van der Waals surface area contributed by atoms with Crippen molar-refractivity contribution in [1.82, 2.24) is 14.9 Å². The third kappa shape index (κ3) is 4.39. The Morgan fingerprint density at radius 1 is 1.24 bits per heavy atom. The van der Waals surface area contributed by atoms with Crippen molar-refractivity contribution in [3.8, 4) is 6.07 Å². The number of likely N-dealkylation sites (tertiary alicyclic amines) is 1. The van der Waals surface area contributed by atoms with Crippen LogP contribution >= 0.6 is 0 Å². The van der Waals surface area contributed by atoms with Gasteiger partial charge in [-0.2, -0.15) is 5.26 Å². The molecule has 6 rings (SSSR count). The number of nitrogens with zero attached hydrogens (tertiary/aromatic N) is 2. The van der Waals surface area contributed by atoms with E-state index in [0.717, 1.165) is 37.7 Å². The molecule has 6 unspecified atom stereocenters. The summed E-state index contributed by atoms with van der Waals surface area (Å²) in [5.74, 6) is 0.163. The average molecular weight is 492 g/mol. The van der Waals surface area contributed by atoms with E-state index in [1.54, 1.807) is 12.1 Å². The van der Waals surface area contributed by atoms with Crippen LogP contribution < -0.4 is 10.0 Å². The highest BCUT2D eigenvalue weighted by atomic mass is 32.2. The summed E-state index contributed by atoms with van der Waals surface area (Å²) in [5.41, 5.74) is 0.0769. The minimum Gasteiger partial charge on any atom is -0.760 e. The topological polar surface area (TPSA) is 108 Å². The van der Waals surface area contributed by atoms with Crippen molar-refractivity contribution < 1.29 is 22.3 Å². The van der Waals surface area contributed by atoms with Crippen molar-refractivity contribution in [1.29, 1.82) is 5.26 Å². The van der Waals surface area contributed by atoms with Crippen LogP contribution in [0.5, 0.6) is 0 Å². The summed E-state index contributed by atoms with van der Waals surface area (Å²) >= 11 is -2.49. The molecule has 1 heterocycles. The summed E-state index contributed by atoms with van der Waals surface area (Å²) < 4.78 is 53.7. The van der Waals surface area contributed by atoms with Crippen LogP contribution in [-0.2, 0) is 16.1 Å². The van der Waals surface area contributed by atoms with E-state index in [-0.39, 0.29) is 42.2 Å². The van der Waals surface area contributed by atoms with Crippen molar-refractivity contribution in [2.45, 2.75) is 68.7 Å². The van der Waals surface area contributed by atoms with E-state index < -0.39 is 29.5 Å². The molecule has 5 aliphatic rings. The first kappa shape index (κ1) is 23.8. The van der Waals surface area contributed by atoms with Crippen LogP contribution in [0.1, 0.15) is 56.6 Å². The molecule has 5 fully saturated rings. The van der Waals surface area contributed by atoms with E-state index in [4.69, 9.17) is 0 Å². The van der Waals surface area contributed by atoms with Crippen molar-refractivity contribution in [2.24, 2.45) is 17.3 Å². The lowest BCUT2D eigenvalue weighted by Crippen LogP contribution is -2.65. The molecule has 1 aromatic carbocycles. The lowest BCUT2D eigenvalue weighted by atomic mass is 9.44. The maximum absolute atomic E-state index is 13.8. The molecule has 4 bridgehead atoms. The summed E-state index contributed by atoms with van der Waals surface area (Å²) in [7, 11) is 0. The number of benzene rings is 1. The molecule has 10 heteroatoms. The van der Waals surface area contributed by atoms with Crippen LogP contribution in [0.25, 0.3) is 0 Å². The number of halogens is 2. The number of hydrogen-bond acceptors (Lipinski definition) is 5. The van der Waals surface area contributed by atoms with Gasteiger partial charge in [0.25, 0.3) is 0 Å². The number of nitriles is 1. The molecule has 0 aromatic heterocycles. The van der Waals surface area contributed by atoms with Gasteiger partial charge >= 0.3 is 0 Å². The van der Waals surface area contributed by atoms with Gasteiger partial charge in [0.1, 0.15) is 18.0 Å². The zero-order valence-electron chi connectivity index (χ0n) is 18.8. The molecule has 1 saturated heterocycles. The van der Waals surface area contributed by atoms with Gasteiger partial charge < -0.3 is 14.8 Å². The largest absolute Gasteiger partial charge is 0.760 e. The first-order valence-electron chi connectivity index (χ1n) is 11.9. The molecule has 0 radical (unpaired) electrons. The number of alkyl halides is 1. The Morgan fingerprint density at radius 3 is 2.53 bits per heavy atom. The lowest BCUT2D eigenvalue weighted by molar-refractivity contribution is -0.133. The minimum absolute atomic E-state index is 0.0303. The van der Waals surface area contributed by atoms with Gasteiger partial charge in [-0.15, -0.1) is 0 Å². The zero-order valence-corrected chi connectivity index (χ0v) is 19.7. The molecular weight excluding hydrogens is 462 g/mol. The van der Waals surface area contributed by atoms with Gasteiger partial charge in [0.05, 0.1) is 19.2 Å². The molecule has 4 saturated carbocycles. The highest BCUT2D eigenvalue weighted by Crippen LogP contribution is 2.65. The number of nitrogens with one attached hydrogen (secondary N) is 2. The molecule has 34 heavy (non-hydrogen) atoms. The minimum atomic E-state index is -2.49. The van der Waals surface area contributed by atoms with Gasteiger partial charge in [-0.25, -0.2) is 13.5 Å². The van der Waals surface area contributed by atoms with Crippen LogP contribution in [0, 0.1) is 34.4 Å². The van der Waals surface area contributed by atoms with Gasteiger partial charge in [-0.05, 0) is 73.5 Å². The monoisotopic (exact) mass is 491 g/mol. The second-order valence-electron chi connectivity index (χ2n) is 10.8. The van der Waals surface area contributed by atoms with Crippen LogP contribution in [-0.4, -0.2) is 50.4 Å². The number of carbonyl (C=O) groups is 1. The summed E-state index contributed by atoms with van der Waals surface area (Å²) in [6.45, 7) is -0.0185. The molecular formula is C24H29F2N4O3S-. The zero-order chi connectivity index (χ0) is 24.1. The highest BCUT2D eigenvalue weighted by molar-refractivity contribution is 7.77. The van der Waals surface area contributed by atoms with Gasteiger partial charge in [-0.1, -0.05) is 12.1 Å². The fraction of sp³-hybridized carbons (Fsp3) is 0.667. The van der Waals surface area contributed by atoms with Crippen molar-refractivity contribution in [3.05, 3.63) is 35.6 Å². The van der Waals surface area contributed by atoms with E-state index in [1.807, 2.05) is 6.07 Å². The Morgan fingerprint density at radius 2 is 1.91 bits per heavy atom. The predicted molar refractivity (Wildman–Crippen MR) is 120 cm³/mol. The van der Waals surface area contributed by atoms with Gasteiger partial charge in [0.15, 0.2) is 0 Å². The molecule has 184 valence electrons. The summed E-state index contributed by atoms with van der Waals surface area (Å²) in [5, 5.41) is 12.8. The Balaban J connectivity index is 1.38. The van der Waals surface area contributed by atoms with Crippen molar-refractivity contribution >= 4 is 17.2 Å². The van der Waals surface area contributed by atoms with E-state index in [1.165, 1.54) is 17.0 Å². The third-order valence-electron chi connectivity index (χ3n) is 8.47. The van der Waals surface area contributed by atoms with Gasteiger partial charge in [0.2, 0.25) is 5.91 Å². The van der Waals surface area contributed by atoms with E-state index in [0.29, 0.717) is 18.3 Å². The smallest absolute Gasteiger partial charge is 0.237 e. The molecule has 2 N–H and O–H groups in total. The Hall–Kier alpha value is -1.93. The standard InChI is InChI=1S/C24H30F2N4O3S/c25-18-3-1-17(2-4-18)22(29-34(32)33)23-7-15-5-16(8-23)10-24(9-15,14-23)28-12-21(31)30-13-19(26)6-20(30)11-27/h1-4,15-16,19-20,22,28-29H,5-10,12-14H2,(H,32,33)/p-1. The van der Waals surface area contributed by atoms with E-state index >= 15 is 0 Å². The first-order valence-corrected chi connectivity index (χ1v) is 13.0. The molecule has 6 atom stereocenters. The van der Waals surface area contributed by atoms with E-state index in [2.05, 4.69) is 10.0 Å². The SMILES string of the molecule is N#CC1CC(F)CN1C(=O)CNC12CC3CC(C1)CC(C(NS(=O)[O-])c1ccc(F)cc1)(C3)C2. The van der Waals surface area contributed by atoms with Crippen LogP contribution in [0.4, 0.5) is 8.78 Å². The maximum atomic E-state index is 13.8. The number of carbonyl (C=O) groups excluding carboxylic acids is 1. The fourth-order valence-electron chi connectivity index (χ4n) is 7.72.